The molecule has 1 heterocycles. The topological polar surface area (TPSA) is 24.1 Å². The van der Waals surface area contributed by atoms with Crippen LogP contribution in [0.2, 0.25) is 0 Å². The summed E-state index contributed by atoms with van der Waals surface area (Å²) in [6.07, 6.45) is 1.34. The largest absolute Gasteiger partial charge is 0.317 e. The van der Waals surface area contributed by atoms with Crippen molar-refractivity contribution in [2.75, 3.05) is 20.1 Å². The second kappa shape index (κ2) is 3.18. The van der Waals surface area contributed by atoms with Crippen LogP contribution in [0, 0.1) is 5.92 Å². The highest BCUT2D eigenvalue weighted by atomic mass is 14.9. The lowest BCUT2D eigenvalue weighted by atomic mass is 10.0. The zero-order chi connectivity index (χ0) is 6.69. The Morgan fingerprint density at radius 1 is 1.67 bits per heavy atom. The van der Waals surface area contributed by atoms with Gasteiger partial charge in [0.2, 0.25) is 0 Å². The fourth-order valence-corrected chi connectivity index (χ4v) is 1.34. The van der Waals surface area contributed by atoms with Gasteiger partial charge in [0.25, 0.3) is 0 Å². The minimum atomic E-state index is 0.681. The van der Waals surface area contributed by atoms with Gasteiger partial charge in [-0.15, -0.1) is 0 Å². The molecule has 1 fully saturated rings. The van der Waals surface area contributed by atoms with E-state index in [1.807, 2.05) is 7.05 Å². The highest BCUT2D eigenvalue weighted by molar-refractivity contribution is 4.78. The predicted octanol–water partition coefficient (Wildman–Crippen LogP) is 0.204. The van der Waals surface area contributed by atoms with E-state index in [0.29, 0.717) is 6.04 Å². The Hall–Kier alpha value is -0.0800. The summed E-state index contributed by atoms with van der Waals surface area (Å²) in [4.78, 5) is 0. The third kappa shape index (κ3) is 1.66. The summed E-state index contributed by atoms with van der Waals surface area (Å²) in [6.45, 7) is 4.65. The van der Waals surface area contributed by atoms with Gasteiger partial charge in [-0.2, -0.15) is 0 Å². The van der Waals surface area contributed by atoms with E-state index in [1.165, 1.54) is 19.5 Å². The standard InChI is InChI=1S/C7H16N2/c1-6(8-2)7-3-4-9-5-7/h6-9H,3-5H2,1-2H3/t6-,7-/m0/s1. The average Bonchev–Trinajstić information content (AvgIpc) is 2.37. The quantitative estimate of drug-likeness (QED) is 0.555. The molecule has 1 aliphatic heterocycles. The SMILES string of the molecule is CN[C@@H](C)[C@H]1CCNC1. The molecule has 0 bridgehead atoms. The lowest BCUT2D eigenvalue weighted by Crippen LogP contribution is -2.31. The Labute approximate surface area is 57.0 Å². The zero-order valence-corrected chi connectivity index (χ0v) is 6.28. The molecule has 2 N–H and O–H groups in total. The summed E-state index contributed by atoms with van der Waals surface area (Å²) in [7, 11) is 2.03. The van der Waals surface area contributed by atoms with Crippen molar-refractivity contribution in [3.63, 3.8) is 0 Å². The van der Waals surface area contributed by atoms with E-state index in [2.05, 4.69) is 17.6 Å². The van der Waals surface area contributed by atoms with Crippen molar-refractivity contribution in [1.29, 1.82) is 0 Å². The zero-order valence-electron chi connectivity index (χ0n) is 6.28. The first kappa shape index (κ1) is 7.03. The highest BCUT2D eigenvalue weighted by Gasteiger charge is 2.18. The van der Waals surface area contributed by atoms with Crippen LogP contribution in [0.25, 0.3) is 0 Å². The van der Waals surface area contributed by atoms with E-state index in [0.717, 1.165) is 5.92 Å². The Bertz CT molecular complexity index is 77.0. The molecule has 0 aromatic rings. The van der Waals surface area contributed by atoms with E-state index in [4.69, 9.17) is 0 Å². The summed E-state index contributed by atoms with van der Waals surface area (Å²) >= 11 is 0. The molecule has 2 heteroatoms. The summed E-state index contributed by atoms with van der Waals surface area (Å²) in [5.41, 5.74) is 0. The highest BCUT2D eigenvalue weighted by Crippen LogP contribution is 2.11. The molecule has 0 saturated carbocycles. The molecule has 0 aromatic heterocycles. The summed E-state index contributed by atoms with van der Waals surface area (Å²) in [6, 6.07) is 0.681. The maximum Gasteiger partial charge on any atom is 0.00765 e. The van der Waals surface area contributed by atoms with Crippen molar-refractivity contribution in [3.8, 4) is 0 Å². The van der Waals surface area contributed by atoms with Gasteiger partial charge in [-0.25, -0.2) is 0 Å². The third-order valence-electron chi connectivity index (χ3n) is 2.26. The van der Waals surface area contributed by atoms with E-state index < -0.39 is 0 Å². The molecule has 2 atom stereocenters. The molecule has 0 unspecified atom stereocenters. The van der Waals surface area contributed by atoms with Crippen LogP contribution in [0.5, 0.6) is 0 Å². The van der Waals surface area contributed by atoms with Crippen LogP contribution >= 0.6 is 0 Å². The molecule has 54 valence electrons. The van der Waals surface area contributed by atoms with Crippen LogP contribution in [-0.2, 0) is 0 Å². The van der Waals surface area contributed by atoms with E-state index in [9.17, 15) is 0 Å². The molecule has 9 heavy (non-hydrogen) atoms. The van der Waals surface area contributed by atoms with Crippen LogP contribution in [0.15, 0.2) is 0 Å². The molecule has 0 amide bonds. The first-order chi connectivity index (χ1) is 4.34. The number of hydrogen-bond acceptors (Lipinski definition) is 2. The van der Waals surface area contributed by atoms with Crippen LogP contribution in [0.3, 0.4) is 0 Å². The van der Waals surface area contributed by atoms with Crippen molar-refractivity contribution in [2.24, 2.45) is 5.92 Å². The second-order valence-electron chi connectivity index (χ2n) is 2.83. The van der Waals surface area contributed by atoms with Crippen molar-refractivity contribution in [2.45, 2.75) is 19.4 Å². The fraction of sp³-hybridized carbons (Fsp3) is 1.00. The van der Waals surface area contributed by atoms with Crippen LogP contribution in [0.4, 0.5) is 0 Å². The molecular weight excluding hydrogens is 112 g/mol. The molecule has 0 aromatic carbocycles. The Kier molecular flexibility index (Phi) is 2.49. The number of nitrogens with one attached hydrogen (secondary N) is 2. The lowest BCUT2D eigenvalue weighted by Gasteiger charge is -2.16. The summed E-state index contributed by atoms with van der Waals surface area (Å²) < 4.78 is 0. The minimum absolute atomic E-state index is 0.681. The van der Waals surface area contributed by atoms with Gasteiger partial charge >= 0.3 is 0 Å². The Morgan fingerprint density at radius 3 is 2.89 bits per heavy atom. The first-order valence-electron chi connectivity index (χ1n) is 3.72. The number of rotatable bonds is 2. The lowest BCUT2D eigenvalue weighted by molar-refractivity contribution is 0.425. The van der Waals surface area contributed by atoms with Gasteiger partial charge in [0.05, 0.1) is 0 Å². The second-order valence-corrected chi connectivity index (χ2v) is 2.83. The molecule has 0 spiro atoms. The molecule has 0 aliphatic carbocycles. The molecular formula is C7H16N2. The third-order valence-corrected chi connectivity index (χ3v) is 2.26. The first-order valence-corrected chi connectivity index (χ1v) is 3.72. The van der Waals surface area contributed by atoms with Crippen molar-refractivity contribution in [3.05, 3.63) is 0 Å². The minimum Gasteiger partial charge on any atom is -0.317 e. The maximum atomic E-state index is 3.35. The Balaban J connectivity index is 2.24. The van der Waals surface area contributed by atoms with Crippen LogP contribution in [-0.4, -0.2) is 26.2 Å². The Morgan fingerprint density at radius 2 is 2.44 bits per heavy atom. The average molecular weight is 128 g/mol. The van der Waals surface area contributed by atoms with Gasteiger partial charge in [0.15, 0.2) is 0 Å². The van der Waals surface area contributed by atoms with Crippen molar-refractivity contribution < 1.29 is 0 Å². The van der Waals surface area contributed by atoms with Gasteiger partial charge in [-0.3, -0.25) is 0 Å². The summed E-state index contributed by atoms with van der Waals surface area (Å²) in [5, 5.41) is 6.61. The predicted molar refractivity (Wildman–Crippen MR) is 39.5 cm³/mol. The van der Waals surface area contributed by atoms with Gasteiger partial charge < -0.3 is 10.6 Å². The monoisotopic (exact) mass is 128 g/mol. The molecule has 1 aliphatic rings. The van der Waals surface area contributed by atoms with Gasteiger partial charge in [0, 0.05) is 6.04 Å². The normalized spacial score (nSPS) is 30.7. The molecule has 1 rings (SSSR count). The van der Waals surface area contributed by atoms with Crippen molar-refractivity contribution in [1.82, 2.24) is 10.6 Å². The van der Waals surface area contributed by atoms with E-state index in [-0.39, 0.29) is 0 Å². The van der Waals surface area contributed by atoms with E-state index >= 15 is 0 Å². The fourth-order valence-electron chi connectivity index (χ4n) is 1.34. The maximum absolute atomic E-state index is 3.35. The molecule has 0 radical (unpaired) electrons. The van der Waals surface area contributed by atoms with Crippen molar-refractivity contribution >= 4 is 0 Å². The number of hydrogen-bond donors (Lipinski definition) is 2. The van der Waals surface area contributed by atoms with E-state index in [1.54, 1.807) is 0 Å². The van der Waals surface area contributed by atoms with Gasteiger partial charge in [0.1, 0.15) is 0 Å². The summed E-state index contributed by atoms with van der Waals surface area (Å²) in [5.74, 6) is 0.856. The van der Waals surface area contributed by atoms with Crippen LogP contribution < -0.4 is 10.6 Å². The molecule has 1 saturated heterocycles. The smallest absolute Gasteiger partial charge is 0.00765 e. The van der Waals surface area contributed by atoms with Gasteiger partial charge in [-0.05, 0) is 39.4 Å². The van der Waals surface area contributed by atoms with Gasteiger partial charge in [-0.1, -0.05) is 0 Å². The molecule has 2 nitrogen and oxygen atoms in total. The van der Waals surface area contributed by atoms with Crippen LogP contribution in [0.1, 0.15) is 13.3 Å².